The van der Waals surface area contributed by atoms with Gasteiger partial charge in [0.25, 0.3) is 5.91 Å². The van der Waals surface area contributed by atoms with Crippen molar-refractivity contribution in [1.29, 1.82) is 0 Å². The summed E-state index contributed by atoms with van der Waals surface area (Å²) in [5, 5.41) is 5.78. The van der Waals surface area contributed by atoms with Crippen molar-refractivity contribution in [2.24, 2.45) is 0 Å². The molecular formula is C28H37N3O8. The number of piperidine rings is 1. The van der Waals surface area contributed by atoms with Gasteiger partial charge < -0.3 is 39.2 Å². The molecule has 2 aromatic carbocycles. The molecule has 0 aliphatic carbocycles. The predicted octanol–water partition coefficient (Wildman–Crippen LogP) is 2.20. The fraction of sp³-hybridized carbons (Fsp3) is 0.464. The average Bonchev–Trinajstić information content (AvgIpc) is 2.95. The molecule has 1 fully saturated rings. The molecule has 1 aliphatic heterocycles. The van der Waals surface area contributed by atoms with Crippen LogP contribution in [0.25, 0.3) is 0 Å². The van der Waals surface area contributed by atoms with Crippen molar-refractivity contribution in [3.05, 3.63) is 41.5 Å². The minimum Gasteiger partial charge on any atom is -0.497 e. The van der Waals surface area contributed by atoms with E-state index in [-0.39, 0.29) is 30.2 Å². The van der Waals surface area contributed by atoms with E-state index in [2.05, 4.69) is 10.6 Å². The third kappa shape index (κ3) is 7.24. The van der Waals surface area contributed by atoms with Crippen molar-refractivity contribution in [3.8, 4) is 28.7 Å². The van der Waals surface area contributed by atoms with Gasteiger partial charge in [-0.05, 0) is 43.2 Å². The minimum absolute atomic E-state index is 0.148. The first-order valence-electron chi connectivity index (χ1n) is 12.6. The van der Waals surface area contributed by atoms with Gasteiger partial charge in [0.05, 0.1) is 35.5 Å². The zero-order valence-corrected chi connectivity index (χ0v) is 23.3. The molecule has 11 nitrogen and oxygen atoms in total. The van der Waals surface area contributed by atoms with E-state index < -0.39 is 6.04 Å². The molecule has 1 heterocycles. The van der Waals surface area contributed by atoms with Crippen LogP contribution in [0.5, 0.6) is 28.7 Å². The first kappa shape index (κ1) is 29.4. The molecule has 3 amide bonds. The summed E-state index contributed by atoms with van der Waals surface area (Å²) in [7, 11) is 7.61. The summed E-state index contributed by atoms with van der Waals surface area (Å²) in [5.41, 5.74) is 1.15. The second kappa shape index (κ2) is 13.6. The van der Waals surface area contributed by atoms with Crippen molar-refractivity contribution in [3.63, 3.8) is 0 Å². The molecule has 212 valence electrons. The smallest absolute Gasteiger partial charge is 0.254 e. The number of rotatable bonds is 11. The number of ether oxygens (including phenoxy) is 5. The van der Waals surface area contributed by atoms with Crippen LogP contribution in [0.1, 0.15) is 35.7 Å². The molecule has 0 bridgehead atoms. The molecule has 2 aromatic rings. The SMILES string of the molecule is COc1ccc(OC)c(C[C@@H](NC(C)=O)C(=O)NC2CCN(C(=O)c3cc(OC)c(OC)c(OC)c3)CC2)c1. The second-order valence-electron chi connectivity index (χ2n) is 9.12. The van der Waals surface area contributed by atoms with Crippen molar-refractivity contribution < 1.29 is 38.1 Å². The topological polar surface area (TPSA) is 125 Å². The van der Waals surface area contributed by atoms with E-state index in [1.807, 2.05) is 0 Å². The number of amides is 3. The number of carbonyl (C=O) groups is 3. The zero-order chi connectivity index (χ0) is 28.5. The van der Waals surface area contributed by atoms with Crippen LogP contribution < -0.4 is 34.3 Å². The monoisotopic (exact) mass is 543 g/mol. The summed E-state index contributed by atoms with van der Waals surface area (Å²) >= 11 is 0. The number of nitrogens with zero attached hydrogens (tertiary/aromatic N) is 1. The van der Waals surface area contributed by atoms with Gasteiger partial charge >= 0.3 is 0 Å². The van der Waals surface area contributed by atoms with Crippen LogP contribution in [0.3, 0.4) is 0 Å². The fourth-order valence-corrected chi connectivity index (χ4v) is 4.63. The lowest BCUT2D eigenvalue weighted by atomic mass is 10.0. The Hall–Kier alpha value is -4.15. The van der Waals surface area contributed by atoms with Gasteiger partial charge in [0.15, 0.2) is 11.5 Å². The van der Waals surface area contributed by atoms with E-state index in [4.69, 9.17) is 23.7 Å². The number of methoxy groups -OCH3 is 5. The van der Waals surface area contributed by atoms with E-state index >= 15 is 0 Å². The summed E-state index contributed by atoms with van der Waals surface area (Å²) in [4.78, 5) is 40.1. The van der Waals surface area contributed by atoms with E-state index in [0.29, 0.717) is 60.2 Å². The molecule has 1 saturated heterocycles. The Morgan fingerprint density at radius 3 is 2.00 bits per heavy atom. The number of carbonyl (C=O) groups excluding carboxylic acids is 3. The maximum absolute atomic E-state index is 13.2. The molecule has 0 aromatic heterocycles. The fourth-order valence-electron chi connectivity index (χ4n) is 4.63. The molecule has 1 aliphatic rings. The maximum Gasteiger partial charge on any atom is 0.254 e. The van der Waals surface area contributed by atoms with Gasteiger partial charge in [0, 0.05) is 43.6 Å². The predicted molar refractivity (Wildman–Crippen MR) is 144 cm³/mol. The Balaban J connectivity index is 1.66. The molecule has 1 atom stereocenters. The Bertz CT molecular complexity index is 1150. The average molecular weight is 544 g/mol. The van der Waals surface area contributed by atoms with Crippen molar-refractivity contribution in [2.75, 3.05) is 48.6 Å². The quantitative estimate of drug-likeness (QED) is 0.442. The number of hydrogen-bond donors (Lipinski definition) is 2. The molecule has 2 N–H and O–H groups in total. The third-order valence-corrected chi connectivity index (χ3v) is 6.65. The number of hydrogen-bond acceptors (Lipinski definition) is 8. The highest BCUT2D eigenvalue weighted by Gasteiger charge is 2.29. The van der Waals surface area contributed by atoms with Gasteiger partial charge in [-0.25, -0.2) is 0 Å². The van der Waals surface area contributed by atoms with Crippen LogP contribution in [0.15, 0.2) is 30.3 Å². The Kier molecular flexibility index (Phi) is 10.2. The largest absolute Gasteiger partial charge is 0.497 e. The second-order valence-corrected chi connectivity index (χ2v) is 9.12. The lowest BCUT2D eigenvalue weighted by molar-refractivity contribution is -0.128. The normalized spacial score (nSPS) is 14.2. The van der Waals surface area contributed by atoms with Gasteiger partial charge in [0.2, 0.25) is 17.6 Å². The summed E-state index contributed by atoms with van der Waals surface area (Å²) < 4.78 is 26.8. The summed E-state index contributed by atoms with van der Waals surface area (Å²) in [6, 6.07) is 7.62. The molecule has 3 rings (SSSR count). The molecule has 0 unspecified atom stereocenters. The molecule has 0 spiro atoms. The van der Waals surface area contributed by atoms with Crippen molar-refractivity contribution >= 4 is 17.7 Å². The number of nitrogens with one attached hydrogen (secondary N) is 2. The lowest BCUT2D eigenvalue weighted by Crippen LogP contribution is -2.53. The van der Waals surface area contributed by atoms with Crippen LogP contribution in [0.2, 0.25) is 0 Å². The maximum atomic E-state index is 13.2. The Morgan fingerprint density at radius 2 is 1.49 bits per heavy atom. The summed E-state index contributed by atoms with van der Waals surface area (Å²) in [5.74, 6) is 1.65. The number of likely N-dealkylation sites (tertiary alicyclic amines) is 1. The molecule has 11 heteroatoms. The van der Waals surface area contributed by atoms with Gasteiger partial charge in [-0.2, -0.15) is 0 Å². The first-order chi connectivity index (χ1) is 18.7. The van der Waals surface area contributed by atoms with Gasteiger partial charge in [-0.3, -0.25) is 14.4 Å². The Labute approximate surface area is 228 Å². The summed E-state index contributed by atoms with van der Waals surface area (Å²) in [6.45, 7) is 2.28. The molecular weight excluding hydrogens is 506 g/mol. The van der Waals surface area contributed by atoms with E-state index in [0.717, 1.165) is 5.56 Å². The molecule has 0 radical (unpaired) electrons. The first-order valence-corrected chi connectivity index (χ1v) is 12.6. The van der Waals surface area contributed by atoms with Crippen molar-refractivity contribution in [2.45, 2.75) is 38.3 Å². The van der Waals surface area contributed by atoms with Crippen LogP contribution >= 0.6 is 0 Å². The van der Waals surface area contributed by atoms with Crippen LogP contribution in [0.4, 0.5) is 0 Å². The molecule has 0 saturated carbocycles. The van der Waals surface area contributed by atoms with Crippen LogP contribution in [-0.4, -0.2) is 83.3 Å². The van der Waals surface area contributed by atoms with Crippen LogP contribution in [-0.2, 0) is 16.0 Å². The molecule has 39 heavy (non-hydrogen) atoms. The van der Waals surface area contributed by atoms with Crippen LogP contribution in [0, 0.1) is 0 Å². The van der Waals surface area contributed by atoms with E-state index in [9.17, 15) is 14.4 Å². The highest BCUT2D eigenvalue weighted by molar-refractivity contribution is 5.95. The van der Waals surface area contributed by atoms with Gasteiger partial charge in [0.1, 0.15) is 17.5 Å². The zero-order valence-electron chi connectivity index (χ0n) is 23.3. The van der Waals surface area contributed by atoms with E-state index in [1.165, 1.54) is 28.3 Å². The summed E-state index contributed by atoms with van der Waals surface area (Å²) in [6.07, 6.45) is 1.36. The number of benzene rings is 2. The van der Waals surface area contributed by atoms with Crippen molar-refractivity contribution in [1.82, 2.24) is 15.5 Å². The van der Waals surface area contributed by atoms with E-state index in [1.54, 1.807) is 49.5 Å². The Morgan fingerprint density at radius 1 is 0.872 bits per heavy atom. The van der Waals surface area contributed by atoms with Gasteiger partial charge in [-0.15, -0.1) is 0 Å². The standard InChI is InChI=1S/C28H37N3O8/c1-17(32)29-22(14-18-13-21(35-2)7-8-23(18)36-3)27(33)30-20-9-11-31(12-10-20)28(34)19-15-24(37-4)26(39-6)25(16-19)38-5/h7-8,13,15-16,20,22H,9-12,14H2,1-6H3,(H,29,32)(H,30,33)/t22-/m1/s1. The minimum atomic E-state index is -0.803. The van der Waals surface area contributed by atoms with Gasteiger partial charge in [-0.1, -0.05) is 0 Å². The highest BCUT2D eigenvalue weighted by atomic mass is 16.5. The third-order valence-electron chi connectivity index (χ3n) is 6.65. The highest BCUT2D eigenvalue weighted by Crippen LogP contribution is 2.38. The lowest BCUT2D eigenvalue weighted by Gasteiger charge is -2.33.